The van der Waals surface area contributed by atoms with Gasteiger partial charge in [-0.15, -0.1) is 11.8 Å². The summed E-state index contributed by atoms with van der Waals surface area (Å²) in [5, 5.41) is 3.42. The number of hydrogen-bond acceptors (Lipinski definition) is 5. The molecule has 2 aromatic heterocycles. The quantitative estimate of drug-likeness (QED) is 0.353. The Morgan fingerprint density at radius 3 is 2.69 bits per heavy atom. The Bertz CT molecular complexity index is 1250. The molecule has 35 heavy (non-hydrogen) atoms. The highest BCUT2D eigenvalue weighted by atomic mass is 32.2. The predicted octanol–water partition coefficient (Wildman–Crippen LogP) is 5.55. The molecule has 0 fully saturated rings. The van der Waals surface area contributed by atoms with E-state index in [1.54, 1.807) is 12.1 Å². The van der Waals surface area contributed by atoms with Gasteiger partial charge in [0, 0.05) is 31.7 Å². The molecule has 1 aromatic carbocycles. The third kappa shape index (κ3) is 5.75. The second-order valence-corrected chi connectivity index (χ2v) is 9.45. The molecule has 3 heterocycles. The first kappa shape index (κ1) is 25.0. The molecule has 1 amide bonds. The summed E-state index contributed by atoms with van der Waals surface area (Å²) < 4.78 is 52.4. The number of nitrogens with one attached hydrogen (secondary N) is 1. The first-order chi connectivity index (χ1) is 16.7. The average Bonchev–Trinajstić information content (AvgIpc) is 2.81. The second-order valence-electron chi connectivity index (χ2n) is 8.19. The number of anilines is 1. The van der Waals surface area contributed by atoms with Crippen LogP contribution in [-0.2, 0) is 25.7 Å². The van der Waals surface area contributed by atoms with Gasteiger partial charge in [-0.05, 0) is 53.6 Å². The van der Waals surface area contributed by atoms with Crippen LogP contribution in [0.25, 0.3) is 0 Å². The molecule has 10 heteroatoms. The summed E-state index contributed by atoms with van der Waals surface area (Å²) in [5.41, 5.74) is 2.15. The van der Waals surface area contributed by atoms with Crippen molar-refractivity contribution in [3.63, 3.8) is 0 Å². The minimum absolute atomic E-state index is 0.184. The van der Waals surface area contributed by atoms with Gasteiger partial charge >= 0.3 is 6.18 Å². The number of pyridine rings is 2. The predicted molar refractivity (Wildman–Crippen MR) is 127 cm³/mol. The number of rotatable bonds is 6. The molecule has 0 unspecified atom stereocenters. The van der Waals surface area contributed by atoms with E-state index in [1.807, 2.05) is 24.8 Å². The van der Waals surface area contributed by atoms with Crippen molar-refractivity contribution >= 4 is 23.5 Å². The summed E-state index contributed by atoms with van der Waals surface area (Å²) in [6.45, 7) is 4.83. The number of thioether (sulfide) groups is 1. The van der Waals surface area contributed by atoms with E-state index in [1.165, 1.54) is 30.0 Å². The summed E-state index contributed by atoms with van der Waals surface area (Å²) in [7, 11) is 0. The lowest BCUT2D eigenvalue weighted by molar-refractivity contribution is -0.141. The summed E-state index contributed by atoms with van der Waals surface area (Å²) >= 11 is 1.44. The average molecular weight is 505 g/mol. The molecule has 1 aliphatic heterocycles. The van der Waals surface area contributed by atoms with Gasteiger partial charge in [0.1, 0.15) is 22.4 Å². The van der Waals surface area contributed by atoms with Crippen LogP contribution in [0.5, 0.6) is 0 Å². The minimum Gasteiger partial charge on any atom is -0.352 e. The fourth-order valence-electron chi connectivity index (χ4n) is 3.99. The molecule has 0 atom stereocenters. The van der Waals surface area contributed by atoms with Gasteiger partial charge in [0.15, 0.2) is 0 Å². The third-order valence-electron chi connectivity index (χ3n) is 5.68. The van der Waals surface area contributed by atoms with E-state index < -0.39 is 11.9 Å². The van der Waals surface area contributed by atoms with Crippen LogP contribution < -0.4 is 10.2 Å². The topological polar surface area (TPSA) is 58.1 Å². The van der Waals surface area contributed by atoms with Crippen molar-refractivity contribution in [1.82, 2.24) is 15.3 Å². The lowest BCUT2D eigenvalue weighted by Gasteiger charge is -2.30. The molecule has 4 rings (SSSR count). The number of amides is 1. The van der Waals surface area contributed by atoms with Gasteiger partial charge in [0.05, 0.1) is 5.56 Å². The SMILES string of the molecule is CCSc1nc(N2CCc3nc(C(F)(F)F)ccc3C2)cc(C)c1C(=O)NCc1cccc(F)c1. The van der Waals surface area contributed by atoms with Crippen molar-refractivity contribution in [1.29, 1.82) is 0 Å². The minimum atomic E-state index is -4.47. The number of hydrogen-bond donors (Lipinski definition) is 1. The molecule has 184 valence electrons. The van der Waals surface area contributed by atoms with Crippen molar-refractivity contribution in [3.8, 4) is 0 Å². The summed E-state index contributed by atoms with van der Waals surface area (Å²) in [6, 6.07) is 10.3. The van der Waals surface area contributed by atoms with Crippen LogP contribution in [0.3, 0.4) is 0 Å². The Balaban J connectivity index is 1.55. The number of nitrogens with zero attached hydrogens (tertiary/aromatic N) is 3. The van der Waals surface area contributed by atoms with Crippen LogP contribution in [0, 0.1) is 12.7 Å². The molecule has 5 nitrogen and oxygen atoms in total. The lowest BCUT2D eigenvalue weighted by Crippen LogP contribution is -2.33. The molecular weight excluding hydrogens is 480 g/mol. The number of alkyl halides is 3. The first-order valence-corrected chi connectivity index (χ1v) is 12.1. The Kier molecular flexibility index (Phi) is 7.30. The van der Waals surface area contributed by atoms with E-state index in [-0.39, 0.29) is 18.3 Å². The van der Waals surface area contributed by atoms with Crippen molar-refractivity contribution in [2.24, 2.45) is 0 Å². The lowest BCUT2D eigenvalue weighted by atomic mass is 10.0. The van der Waals surface area contributed by atoms with E-state index >= 15 is 0 Å². The molecule has 0 bridgehead atoms. The Hall–Kier alpha value is -3.14. The largest absolute Gasteiger partial charge is 0.433 e. The summed E-state index contributed by atoms with van der Waals surface area (Å²) in [5.74, 6) is 0.696. The number of aryl methyl sites for hydroxylation is 1. The van der Waals surface area contributed by atoms with Crippen LogP contribution in [0.2, 0.25) is 0 Å². The zero-order chi connectivity index (χ0) is 25.2. The molecule has 0 spiro atoms. The van der Waals surface area contributed by atoms with Crippen LogP contribution in [0.15, 0.2) is 47.5 Å². The van der Waals surface area contributed by atoms with E-state index in [0.717, 1.165) is 17.2 Å². The van der Waals surface area contributed by atoms with Gasteiger partial charge in [-0.2, -0.15) is 13.2 Å². The van der Waals surface area contributed by atoms with Gasteiger partial charge in [-0.3, -0.25) is 4.79 Å². The van der Waals surface area contributed by atoms with Gasteiger partial charge in [0.2, 0.25) is 0 Å². The summed E-state index contributed by atoms with van der Waals surface area (Å²) in [6.07, 6.45) is -4.10. The van der Waals surface area contributed by atoms with Gasteiger partial charge in [0.25, 0.3) is 5.91 Å². The molecule has 1 N–H and O–H groups in total. The Morgan fingerprint density at radius 2 is 1.97 bits per heavy atom. The first-order valence-electron chi connectivity index (χ1n) is 11.1. The van der Waals surface area contributed by atoms with Crippen LogP contribution in [0.4, 0.5) is 23.4 Å². The zero-order valence-electron chi connectivity index (χ0n) is 19.2. The zero-order valence-corrected chi connectivity index (χ0v) is 20.1. The van der Waals surface area contributed by atoms with E-state index in [9.17, 15) is 22.4 Å². The normalized spacial score (nSPS) is 13.5. The summed E-state index contributed by atoms with van der Waals surface area (Å²) in [4.78, 5) is 23.5. The Labute approximate surface area is 205 Å². The fraction of sp³-hybridized carbons (Fsp3) is 0.320. The number of halogens is 4. The molecule has 0 saturated carbocycles. The highest BCUT2D eigenvalue weighted by Crippen LogP contribution is 2.32. The van der Waals surface area contributed by atoms with E-state index in [4.69, 9.17) is 4.98 Å². The van der Waals surface area contributed by atoms with Crippen molar-refractivity contribution in [3.05, 3.63) is 81.9 Å². The van der Waals surface area contributed by atoms with Crippen molar-refractivity contribution in [2.45, 2.75) is 44.6 Å². The second kappa shape index (κ2) is 10.2. The number of benzene rings is 1. The smallest absolute Gasteiger partial charge is 0.352 e. The van der Waals surface area contributed by atoms with Crippen LogP contribution in [0.1, 0.15) is 45.4 Å². The molecule has 0 aliphatic carbocycles. The van der Waals surface area contributed by atoms with Gasteiger partial charge < -0.3 is 10.2 Å². The number of carbonyl (C=O) groups is 1. The number of carbonyl (C=O) groups excluding carboxylic acids is 1. The number of fused-ring (bicyclic) bond motifs is 1. The Morgan fingerprint density at radius 1 is 1.17 bits per heavy atom. The maximum atomic E-state index is 13.4. The van der Waals surface area contributed by atoms with Gasteiger partial charge in [-0.25, -0.2) is 14.4 Å². The van der Waals surface area contributed by atoms with Gasteiger partial charge in [-0.1, -0.05) is 25.1 Å². The third-order valence-corrected chi connectivity index (χ3v) is 6.54. The maximum Gasteiger partial charge on any atom is 0.433 e. The fourth-order valence-corrected chi connectivity index (χ4v) is 4.82. The highest BCUT2D eigenvalue weighted by Gasteiger charge is 2.33. The maximum absolute atomic E-state index is 13.4. The molecule has 3 aromatic rings. The van der Waals surface area contributed by atoms with Crippen LogP contribution in [-0.4, -0.2) is 28.2 Å². The standard InChI is InChI=1S/C25H24F4N4OS/c1-3-35-24-22(23(34)30-13-16-5-4-6-18(26)12-16)15(2)11-21(32-24)33-10-9-19-17(14-33)7-8-20(31-19)25(27,28)29/h4-8,11-12H,3,9-10,13-14H2,1-2H3,(H,30,34). The van der Waals surface area contributed by atoms with Crippen molar-refractivity contribution < 1.29 is 22.4 Å². The molecule has 0 saturated heterocycles. The molecular formula is C25H24F4N4OS. The molecule has 1 aliphatic rings. The van der Waals surface area contributed by atoms with Crippen LogP contribution >= 0.6 is 11.8 Å². The molecule has 0 radical (unpaired) electrons. The van der Waals surface area contributed by atoms with Crippen molar-refractivity contribution in [2.75, 3.05) is 17.2 Å². The van der Waals surface area contributed by atoms with E-state index in [0.29, 0.717) is 52.9 Å². The monoisotopic (exact) mass is 504 g/mol. The number of aromatic nitrogens is 2. The van der Waals surface area contributed by atoms with E-state index in [2.05, 4.69) is 10.3 Å². The highest BCUT2D eigenvalue weighted by molar-refractivity contribution is 7.99.